The Kier molecular flexibility index (Phi) is 7.81. The number of furan rings is 1. The summed E-state index contributed by atoms with van der Waals surface area (Å²) in [7, 11) is 0. The third kappa shape index (κ3) is 5.32. The fraction of sp³-hybridized carbons (Fsp3) is 0.280. The number of carbonyl (C=O) groups excluding carboxylic acids is 3. The minimum absolute atomic E-state index is 0.00241. The molecule has 0 aliphatic carbocycles. The Morgan fingerprint density at radius 3 is 2.75 bits per heavy atom. The average Bonchev–Trinajstić information content (AvgIpc) is 3.33. The van der Waals surface area contributed by atoms with E-state index in [0.29, 0.717) is 42.5 Å². The van der Waals surface area contributed by atoms with Gasteiger partial charge in [0.1, 0.15) is 11.6 Å². The Morgan fingerprint density at radius 2 is 2.00 bits per heavy atom. The third-order valence-electron chi connectivity index (χ3n) is 6.12. The Morgan fingerprint density at radius 1 is 1.19 bits per heavy atom. The number of aliphatic carboxylic acids is 1. The Bertz CT molecular complexity index is 1340. The van der Waals surface area contributed by atoms with E-state index < -0.39 is 17.9 Å². The number of nitrogens with zero attached hydrogens (tertiary/aromatic N) is 1. The summed E-state index contributed by atoms with van der Waals surface area (Å²) in [5.41, 5.74) is 2.53. The van der Waals surface area contributed by atoms with E-state index in [0.717, 1.165) is 10.9 Å². The van der Waals surface area contributed by atoms with Crippen LogP contribution in [0.15, 0.2) is 41.0 Å². The SMILES string of the molecule is O=CNCCC[C@H](NC(=O)c1c(Cl)cc2c(c1Cl)CCN(C(=O)c1ccc3ccoc3c1)C2)C(=O)O. The number of benzene rings is 2. The number of carboxylic acid groups (broad SMARTS) is 1. The predicted octanol–water partition coefficient (Wildman–Crippen LogP) is 3.65. The van der Waals surface area contributed by atoms with Crippen LogP contribution in [0.25, 0.3) is 11.0 Å². The number of amides is 3. The van der Waals surface area contributed by atoms with Gasteiger partial charge in [0.2, 0.25) is 6.41 Å². The molecule has 2 heterocycles. The van der Waals surface area contributed by atoms with Crippen molar-refractivity contribution in [1.82, 2.24) is 15.5 Å². The average molecular weight is 532 g/mol. The fourth-order valence-corrected chi connectivity index (χ4v) is 5.02. The summed E-state index contributed by atoms with van der Waals surface area (Å²) in [5.74, 6) is -2.07. The van der Waals surface area contributed by atoms with E-state index in [1.54, 1.807) is 29.4 Å². The van der Waals surface area contributed by atoms with Crippen LogP contribution >= 0.6 is 23.2 Å². The summed E-state index contributed by atoms with van der Waals surface area (Å²) < 4.78 is 5.40. The molecule has 1 aliphatic rings. The minimum atomic E-state index is -1.21. The molecule has 4 rings (SSSR count). The van der Waals surface area contributed by atoms with Gasteiger partial charge in [-0.2, -0.15) is 0 Å². The van der Waals surface area contributed by atoms with Crippen molar-refractivity contribution in [2.24, 2.45) is 0 Å². The second-order valence-electron chi connectivity index (χ2n) is 8.41. The molecule has 1 atom stereocenters. The molecule has 9 nitrogen and oxygen atoms in total. The Hall–Kier alpha value is -3.56. The third-order valence-corrected chi connectivity index (χ3v) is 6.84. The highest BCUT2D eigenvalue weighted by atomic mass is 35.5. The second kappa shape index (κ2) is 11.0. The van der Waals surface area contributed by atoms with Crippen LogP contribution in [0.1, 0.15) is 44.7 Å². The quantitative estimate of drug-likeness (QED) is 0.285. The topological polar surface area (TPSA) is 129 Å². The number of hydrogen-bond acceptors (Lipinski definition) is 5. The molecular weight excluding hydrogens is 509 g/mol. The Balaban J connectivity index is 1.50. The highest BCUT2D eigenvalue weighted by Gasteiger charge is 2.29. The van der Waals surface area contributed by atoms with Crippen LogP contribution in [0.4, 0.5) is 0 Å². The first-order valence-electron chi connectivity index (χ1n) is 11.3. The molecule has 36 heavy (non-hydrogen) atoms. The van der Waals surface area contributed by atoms with Crippen molar-refractivity contribution in [3.05, 3.63) is 68.9 Å². The monoisotopic (exact) mass is 531 g/mol. The zero-order valence-corrected chi connectivity index (χ0v) is 20.6. The lowest BCUT2D eigenvalue weighted by atomic mass is 9.95. The zero-order chi connectivity index (χ0) is 25.8. The van der Waals surface area contributed by atoms with E-state index in [1.165, 1.54) is 0 Å². The van der Waals surface area contributed by atoms with Gasteiger partial charge in [0.25, 0.3) is 11.8 Å². The first-order chi connectivity index (χ1) is 17.3. The lowest BCUT2D eigenvalue weighted by Crippen LogP contribution is -2.41. The fourth-order valence-electron chi connectivity index (χ4n) is 4.26. The number of rotatable bonds is 9. The summed E-state index contributed by atoms with van der Waals surface area (Å²) in [6, 6.07) is 7.52. The number of fused-ring (bicyclic) bond motifs is 2. The molecule has 11 heteroatoms. The standard InChI is InChI=1S/C25H23Cl2N3O6/c26-18-10-16-12-30(24(33)15-4-3-14-6-9-36-20(14)11-15)8-5-17(16)22(27)21(18)23(32)29-19(25(34)35)2-1-7-28-13-31/h3-4,6,9-11,13,19H,1-2,5,7-8,12H2,(H,28,31)(H,29,32)(H,34,35)/t19-/m0/s1. The van der Waals surface area contributed by atoms with Crippen LogP contribution < -0.4 is 10.6 Å². The molecule has 3 amide bonds. The zero-order valence-electron chi connectivity index (χ0n) is 19.1. The summed E-state index contributed by atoms with van der Waals surface area (Å²) in [4.78, 5) is 49.7. The molecular formula is C25H23Cl2N3O6. The molecule has 1 aliphatic heterocycles. The van der Waals surface area contributed by atoms with Crippen molar-refractivity contribution >= 4 is 58.4 Å². The molecule has 3 N–H and O–H groups in total. The molecule has 0 unspecified atom stereocenters. The molecule has 1 aromatic heterocycles. The Labute approximate surface area is 216 Å². The van der Waals surface area contributed by atoms with Crippen molar-refractivity contribution in [2.75, 3.05) is 13.1 Å². The number of halogens is 2. The van der Waals surface area contributed by atoms with Gasteiger partial charge in [0.15, 0.2) is 0 Å². The molecule has 0 bridgehead atoms. The van der Waals surface area contributed by atoms with E-state index in [4.69, 9.17) is 27.6 Å². The van der Waals surface area contributed by atoms with Gasteiger partial charge in [0.05, 0.1) is 21.9 Å². The van der Waals surface area contributed by atoms with Crippen molar-refractivity contribution in [1.29, 1.82) is 0 Å². The number of carboxylic acids is 1. The van der Waals surface area contributed by atoms with Crippen LogP contribution in [0.2, 0.25) is 10.0 Å². The van der Waals surface area contributed by atoms with Crippen molar-refractivity contribution in [3.8, 4) is 0 Å². The molecule has 0 spiro atoms. The van der Waals surface area contributed by atoms with E-state index in [-0.39, 0.29) is 41.0 Å². The molecule has 0 saturated carbocycles. The van der Waals surface area contributed by atoms with Crippen LogP contribution in [-0.4, -0.2) is 53.3 Å². The van der Waals surface area contributed by atoms with Crippen LogP contribution in [-0.2, 0) is 22.6 Å². The van der Waals surface area contributed by atoms with Gasteiger partial charge in [0, 0.05) is 30.6 Å². The van der Waals surface area contributed by atoms with Crippen LogP contribution in [0, 0.1) is 0 Å². The van der Waals surface area contributed by atoms with E-state index >= 15 is 0 Å². The second-order valence-corrected chi connectivity index (χ2v) is 9.20. The summed E-state index contributed by atoms with van der Waals surface area (Å²) >= 11 is 13.0. The first kappa shape index (κ1) is 25.5. The van der Waals surface area contributed by atoms with Crippen molar-refractivity contribution in [3.63, 3.8) is 0 Å². The summed E-state index contributed by atoms with van der Waals surface area (Å²) in [5, 5.41) is 15.5. The van der Waals surface area contributed by atoms with E-state index in [2.05, 4.69) is 10.6 Å². The van der Waals surface area contributed by atoms with Gasteiger partial charge in [-0.25, -0.2) is 4.79 Å². The maximum absolute atomic E-state index is 13.1. The first-order valence-corrected chi connectivity index (χ1v) is 12.0. The molecule has 0 saturated heterocycles. The number of carbonyl (C=O) groups is 4. The minimum Gasteiger partial charge on any atom is -0.480 e. The highest BCUT2D eigenvalue weighted by molar-refractivity contribution is 6.40. The van der Waals surface area contributed by atoms with Gasteiger partial charge in [-0.1, -0.05) is 29.3 Å². The largest absolute Gasteiger partial charge is 0.480 e. The van der Waals surface area contributed by atoms with Gasteiger partial charge < -0.3 is 25.1 Å². The van der Waals surface area contributed by atoms with Crippen LogP contribution in [0.3, 0.4) is 0 Å². The van der Waals surface area contributed by atoms with Gasteiger partial charge in [-0.3, -0.25) is 14.4 Å². The molecule has 3 aromatic rings. The van der Waals surface area contributed by atoms with E-state index in [9.17, 15) is 24.3 Å². The lowest BCUT2D eigenvalue weighted by Gasteiger charge is -2.30. The predicted molar refractivity (Wildman–Crippen MR) is 133 cm³/mol. The lowest BCUT2D eigenvalue weighted by molar-refractivity contribution is -0.139. The highest BCUT2D eigenvalue weighted by Crippen LogP contribution is 2.35. The molecule has 0 radical (unpaired) electrons. The molecule has 0 fully saturated rings. The van der Waals surface area contributed by atoms with Crippen molar-refractivity contribution in [2.45, 2.75) is 31.8 Å². The number of hydrogen-bond donors (Lipinski definition) is 3. The van der Waals surface area contributed by atoms with Gasteiger partial charge in [-0.15, -0.1) is 0 Å². The maximum Gasteiger partial charge on any atom is 0.326 e. The molecule has 188 valence electrons. The summed E-state index contributed by atoms with van der Waals surface area (Å²) in [6.45, 7) is 0.924. The van der Waals surface area contributed by atoms with Gasteiger partial charge in [-0.05, 0) is 54.7 Å². The number of nitrogens with one attached hydrogen (secondary N) is 2. The maximum atomic E-state index is 13.1. The molecule has 2 aromatic carbocycles. The smallest absolute Gasteiger partial charge is 0.326 e. The summed E-state index contributed by atoms with van der Waals surface area (Å²) in [6.07, 6.45) is 2.96. The van der Waals surface area contributed by atoms with Crippen LogP contribution in [0.5, 0.6) is 0 Å². The van der Waals surface area contributed by atoms with E-state index in [1.807, 2.05) is 12.1 Å². The normalized spacial score (nSPS) is 13.7. The van der Waals surface area contributed by atoms with Crippen molar-refractivity contribution < 1.29 is 28.7 Å². The van der Waals surface area contributed by atoms with Gasteiger partial charge >= 0.3 is 5.97 Å².